The van der Waals surface area contributed by atoms with Crippen molar-refractivity contribution in [1.82, 2.24) is 9.78 Å². The summed E-state index contributed by atoms with van der Waals surface area (Å²) in [4.78, 5) is 12.9. The highest BCUT2D eigenvalue weighted by molar-refractivity contribution is 9.10. The highest BCUT2D eigenvalue weighted by atomic mass is 79.9. The summed E-state index contributed by atoms with van der Waals surface area (Å²) >= 11 is 4.80. The molecule has 5 heteroatoms. The Kier molecular flexibility index (Phi) is 4.59. The van der Waals surface area contributed by atoms with Gasteiger partial charge in [0, 0.05) is 21.1 Å². The summed E-state index contributed by atoms with van der Waals surface area (Å²) in [5.41, 5.74) is 3.92. The Morgan fingerprint density at radius 1 is 1.26 bits per heavy atom. The van der Waals surface area contributed by atoms with E-state index >= 15 is 0 Å². The van der Waals surface area contributed by atoms with E-state index in [-0.39, 0.29) is 5.78 Å². The minimum absolute atomic E-state index is 0.00645. The normalized spacial score (nSPS) is 11.3. The molecular weight excluding hydrogens is 372 g/mol. The van der Waals surface area contributed by atoms with Crippen LogP contribution in [0.3, 0.4) is 0 Å². The molecule has 3 nitrogen and oxygen atoms in total. The number of carbonyl (C=O) groups is 1. The van der Waals surface area contributed by atoms with Crippen molar-refractivity contribution in [2.24, 2.45) is 0 Å². The second kappa shape index (κ2) is 6.64. The van der Waals surface area contributed by atoms with Crippen LogP contribution in [0.25, 0.3) is 11.8 Å². The van der Waals surface area contributed by atoms with Crippen molar-refractivity contribution in [2.75, 3.05) is 0 Å². The monoisotopic (exact) mass is 386 g/mol. The van der Waals surface area contributed by atoms with Gasteiger partial charge >= 0.3 is 0 Å². The molecule has 0 N–H and O–H groups in total. The molecule has 3 aromatic rings. The second-order valence-electron chi connectivity index (χ2n) is 5.16. The van der Waals surface area contributed by atoms with Crippen LogP contribution in [0.2, 0.25) is 0 Å². The van der Waals surface area contributed by atoms with Gasteiger partial charge in [0.25, 0.3) is 0 Å². The van der Waals surface area contributed by atoms with Gasteiger partial charge in [-0.3, -0.25) is 4.79 Å². The van der Waals surface area contributed by atoms with Gasteiger partial charge in [0.15, 0.2) is 5.78 Å². The molecule has 0 saturated heterocycles. The zero-order chi connectivity index (χ0) is 16.4. The van der Waals surface area contributed by atoms with Crippen LogP contribution in [0.1, 0.15) is 26.6 Å². The number of ketones is 1. The number of aryl methyl sites for hydroxylation is 1. The molecule has 0 unspecified atom stereocenters. The number of nitrogens with zero attached hydrogens (tertiary/aromatic N) is 2. The predicted octanol–water partition coefficient (Wildman–Crippen LogP) is 5.21. The molecule has 0 saturated carbocycles. The first-order valence-electron chi connectivity index (χ1n) is 7.14. The molecule has 0 aliphatic rings. The maximum absolute atomic E-state index is 12.2. The molecule has 0 aliphatic carbocycles. The van der Waals surface area contributed by atoms with Gasteiger partial charge in [-0.2, -0.15) is 5.10 Å². The third kappa shape index (κ3) is 3.35. The molecule has 116 valence electrons. The molecule has 0 atom stereocenters. The first-order chi connectivity index (χ1) is 11.1. The molecular formula is C18H15BrN2OS. The number of aromatic nitrogens is 2. The summed E-state index contributed by atoms with van der Waals surface area (Å²) in [5, 5.41) is 6.49. The molecule has 0 aliphatic heterocycles. The van der Waals surface area contributed by atoms with E-state index in [0.717, 1.165) is 32.0 Å². The minimum atomic E-state index is 0.00645. The summed E-state index contributed by atoms with van der Waals surface area (Å²) in [6.07, 6.45) is 3.47. The molecule has 2 heterocycles. The lowest BCUT2D eigenvalue weighted by molar-refractivity contribution is 0.105. The third-order valence-electron chi connectivity index (χ3n) is 3.56. The zero-order valence-corrected chi connectivity index (χ0v) is 15.2. The summed E-state index contributed by atoms with van der Waals surface area (Å²) in [6, 6.07) is 11.8. The van der Waals surface area contributed by atoms with Gasteiger partial charge in [-0.25, -0.2) is 4.68 Å². The SMILES string of the molecule is Cc1nn(-c2ccccc2)c(C)c1/C=C/C(=O)c1cc(Br)cs1. The third-order valence-corrected chi connectivity index (χ3v) is 5.27. The van der Waals surface area contributed by atoms with E-state index in [1.165, 1.54) is 11.3 Å². The number of benzene rings is 1. The second-order valence-corrected chi connectivity index (χ2v) is 6.99. The number of hydrogen-bond acceptors (Lipinski definition) is 3. The van der Waals surface area contributed by atoms with E-state index in [4.69, 9.17) is 0 Å². The highest BCUT2D eigenvalue weighted by Crippen LogP contribution is 2.22. The van der Waals surface area contributed by atoms with Crippen LogP contribution in [0.4, 0.5) is 0 Å². The number of para-hydroxylation sites is 1. The van der Waals surface area contributed by atoms with E-state index in [2.05, 4.69) is 21.0 Å². The van der Waals surface area contributed by atoms with Crippen molar-refractivity contribution >= 4 is 39.1 Å². The van der Waals surface area contributed by atoms with Crippen LogP contribution < -0.4 is 0 Å². The molecule has 1 aromatic carbocycles. The average molecular weight is 387 g/mol. The van der Waals surface area contributed by atoms with Crippen molar-refractivity contribution in [2.45, 2.75) is 13.8 Å². The molecule has 0 bridgehead atoms. The van der Waals surface area contributed by atoms with Crippen molar-refractivity contribution in [3.05, 3.63) is 74.2 Å². The van der Waals surface area contributed by atoms with Crippen LogP contribution in [-0.4, -0.2) is 15.6 Å². The minimum Gasteiger partial charge on any atom is -0.288 e. The largest absolute Gasteiger partial charge is 0.288 e. The fourth-order valence-electron chi connectivity index (χ4n) is 2.40. The Morgan fingerprint density at radius 3 is 2.65 bits per heavy atom. The van der Waals surface area contributed by atoms with Crippen LogP contribution in [0, 0.1) is 13.8 Å². The number of halogens is 1. The molecule has 0 fully saturated rings. The quantitative estimate of drug-likeness (QED) is 0.455. The van der Waals surface area contributed by atoms with E-state index in [0.29, 0.717) is 0 Å². The van der Waals surface area contributed by atoms with Crippen LogP contribution in [0.5, 0.6) is 0 Å². The first-order valence-corrected chi connectivity index (χ1v) is 8.81. The number of carbonyl (C=O) groups excluding carboxylic acids is 1. The topological polar surface area (TPSA) is 34.9 Å². The van der Waals surface area contributed by atoms with Gasteiger partial charge in [0.1, 0.15) is 0 Å². The van der Waals surface area contributed by atoms with E-state index < -0.39 is 0 Å². The van der Waals surface area contributed by atoms with E-state index in [1.54, 1.807) is 6.08 Å². The van der Waals surface area contributed by atoms with Crippen LogP contribution in [-0.2, 0) is 0 Å². The molecule has 3 rings (SSSR count). The summed E-state index contributed by atoms with van der Waals surface area (Å²) in [6.45, 7) is 3.97. The Morgan fingerprint density at radius 2 is 2.00 bits per heavy atom. The average Bonchev–Trinajstić information content (AvgIpc) is 3.10. The Labute approximate surface area is 147 Å². The van der Waals surface area contributed by atoms with Gasteiger partial charge in [-0.1, -0.05) is 18.2 Å². The summed E-state index contributed by atoms with van der Waals surface area (Å²) in [7, 11) is 0. The lowest BCUT2D eigenvalue weighted by Crippen LogP contribution is -1.98. The van der Waals surface area contributed by atoms with Crippen LogP contribution in [0.15, 0.2) is 52.3 Å². The number of allylic oxidation sites excluding steroid dienone is 1. The Balaban J connectivity index is 1.90. The van der Waals surface area contributed by atoms with Gasteiger partial charge in [-0.15, -0.1) is 11.3 Å². The van der Waals surface area contributed by atoms with Gasteiger partial charge < -0.3 is 0 Å². The fraction of sp³-hybridized carbons (Fsp3) is 0.111. The van der Waals surface area contributed by atoms with E-state index in [1.807, 2.05) is 66.4 Å². The number of rotatable bonds is 4. The molecule has 2 aromatic heterocycles. The van der Waals surface area contributed by atoms with Gasteiger partial charge in [0.05, 0.1) is 16.3 Å². The summed E-state index contributed by atoms with van der Waals surface area (Å²) in [5.74, 6) is 0.00645. The number of hydrogen-bond donors (Lipinski definition) is 0. The Bertz CT molecular complexity index is 878. The smallest absolute Gasteiger partial charge is 0.195 e. The maximum atomic E-state index is 12.2. The number of thiophene rings is 1. The van der Waals surface area contributed by atoms with Gasteiger partial charge in [0.2, 0.25) is 0 Å². The maximum Gasteiger partial charge on any atom is 0.195 e. The van der Waals surface area contributed by atoms with Crippen molar-refractivity contribution in [3.63, 3.8) is 0 Å². The molecule has 0 amide bonds. The first kappa shape index (κ1) is 15.9. The Hall–Kier alpha value is -1.98. The zero-order valence-electron chi connectivity index (χ0n) is 12.8. The summed E-state index contributed by atoms with van der Waals surface area (Å²) < 4.78 is 2.84. The molecule has 0 radical (unpaired) electrons. The highest BCUT2D eigenvalue weighted by Gasteiger charge is 2.11. The lowest BCUT2D eigenvalue weighted by Gasteiger charge is -2.03. The van der Waals surface area contributed by atoms with Crippen molar-refractivity contribution in [3.8, 4) is 5.69 Å². The standard InChI is InChI=1S/C18H15BrN2OS/c1-12-16(8-9-17(22)18-10-14(19)11-23-18)13(2)21(20-12)15-6-4-3-5-7-15/h3-11H,1-2H3/b9-8+. The fourth-order valence-corrected chi connectivity index (χ4v) is 3.75. The predicted molar refractivity (Wildman–Crippen MR) is 98.4 cm³/mol. The van der Waals surface area contributed by atoms with E-state index in [9.17, 15) is 4.79 Å². The lowest BCUT2D eigenvalue weighted by atomic mass is 10.1. The van der Waals surface area contributed by atoms with Crippen molar-refractivity contribution < 1.29 is 4.79 Å². The van der Waals surface area contributed by atoms with Gasteiger partial charge in [-0.05, 0) is 60.1 Å². The van der Waals surface area contributed by atoms with Crippen molar-refractivity contribution in [1.29, 1.82) is 0 Å². The molecule has 0 spiro atoms. The molecule has 23 heavy (non-hydrogen) atoms. The van der Waals surface area contributed by atoms with Crippen LogP contribution >= 0.6 is 27.3 Å².